The molecular weight excluding hydrogens is 296 g/mol. The lowest BCUT2D eigenvalue weighted by Crippen LogP contribution is -2.13. The molecule has 0 unspecified atom stereocenters. The zero-order chi connectivity index (χ0) is 15.5. The van der Waals surface area contributed by atoms with Gasteiger partial charge in [-0.25, -0.2) is 17.9 Å². The topological polar surface area (TPSA) is 110 Å². The number of hydrogen-bond acceptors (Lipinski definition) is 5. The van der Waals surface area contributed by atoms with Gasteiger partial charge in [-0.15, -0.1) is 0 Å². The van der Waals surface area contributed by atoms with Crippen molar-refractivity contribution in [2.75, 3.05) is 4.72 Å². The number of aliphatic carboxylic acids is 1. The van der Waals surface area contributed by atoms with Crippen LogP contribution < -0.4 is 4.72 Å². The smallest absolute Gasteiger partial charge is 0.328 e. The maximum absolute atomic E-state index is 12.1. The van der Waals surface area contributed by atoms with Gasteiger partial charge in [0.2, 0.25) is 0 Å². The lowest BCUT2D eigenvalue weighted by atomic mass is 10.2. The minimum Gasteiger partial charge on any atom is -0.478 e. The number of rotatable bonds is 5. The number of oxazole rings is 1. The standard InChI is InChI=1S/C13H12N2O5S/c1-9-8-20-13(14-9)15-21(18,19)11-4-2-3-10(7-11)5-6-12(16)17/h2-8H,1H3,(H,14,15)(H,16,17)/b6-5+. The fourth-order valence-electron chi connectivity index (χ4n) is 1.53. The molecule has 1 aromatic carbocycles. The predicted octanol–water partition coefficient (Wildman–Crippen LogP) is 1.88. The molecule has 21 heavy (non-hydrogen) atoms. The summed E-state index contributed by atoms with van der Waals surface area (Å²) in [5.74, 6) is -1.11. The molecule has 8 heteroatoms. The molecule has 0 aliphatic heterocycles. The lowest BCUT2D eigenvalue weighted by molar-refractivity contribution is -0.131. The van der Waals surface area contributed by atoms with E-state index in [0.717, 1.165) is 6.08 Å². The Morgan fingerprint density at radius 2 is 2.19 bits per heavy atom. The molecule has 7 nitrogen and oxygen atoms in total. The van der Waals surface area contributed by atoms with Crippen molar-refractivity contribution < 1.29 is 22.7 Å². The van der Waals surface area contributed by atoms with Crippen LogP contribution in [0.15, 0.2) is 45.9 Å². The predicted molar refractivity (Wildman–Crippen MR) is 75.2 cm³/mol. The second kappa shape index (κ2) is 5.80. The molecule has 0 atom stereocenters. The van der Waals surface area contributed by atoms with E-state index in [-0.39, 0.29) is 10.9 Å². The second-order valence-electron chi connectivity index (χ2n) is 4.14. The number of benzene rings is 1. The Morgan fingerprint density at radius 1 is 1.43 bits per heavy atom. The second-order valence-corrected chi connectivity index (χ2v) is 5.83. The molecule has 2 rings (SSSR count). The maximum Gasteiger partial charge on any atom is 0.328 e. The van der Waals surface area contributed by atoms with Crippen LogP contribution in [0.3, 0.4) is 0 Å². The van der Waals surface area contributed by atoms with Crippen molar-refractivity contribution in [1.82, 2.24) is 4.98 Å². The number of nitrogens with zero attached hydrogens (tertiary/aromatic N) is 1. The molecule has 0 radical (unpaired) electrons. The van der Waals surface area contributed by atoms with E-state index in [4.69, 9.17) is 9.52 Å². The van der Waals surface area contributed by atoms with Crippen molar-refractivity contribution in [3.63, 3.8) is 0 Å². The highest BCUT2D eigenvalue weighted by Crippen LogP contribution is 2.17. The Labute approximate surface area is 121 Å². The van der Waals surface area contributed by atoms with Gasteiger partial charge in [0.15, 0.2) is 0 Å². The summed E-state index contributed by atoms with van der Waals surface area (Å²) in [5, 5.41) is 8.56. The molecule has 0 spiro atoms. The average molecular weight is 308 g/mol. The van der Waals surface area contributed by atoms with Gasteiger partial charge >= 0.3 is 12.0 Å². The van der Waals surface area contributed by atoms with E-state index in [1.54, 1.807) is 13.0 Å². The summed E-state index contributed by atoms with van der Waals surface area (Å²) >= 11 is 0. The lowest BCUT2D eigenvalue weighted by Gasteiger charge is -2.05. The van der Waals surface area contributed by atoms with Crippen molar-refractivity contribution >= 4 is 28.1 Å². The van der Waals surface area contributed by atoms with Crippen LogP contribution in [0.25, 0.3) is 6.08 Å². The Hall–Kier alpha value is -2.61. The molecule has 1 aromatic heterocycles. The first-order chi connectivity index (χ1) is 9.87. The number of carboxylic acids is 1. The third-order valence-electron chi connectivity index (χ3n) is 2.43. The number of nitrogens with one attached hydrogen (secondary N) is 1. The van der Waals surface area contributed by atoms with E-state index in [1.807, 2.05) is 0 Å². The first-order valence-corrected chi connectivity index (χ1v) is 7.31. The summed E-state index contributed by atoms with van der Waals surface area (Å²) in [5.41, 5.74) is 0.995. The molecule has 110 valence electrons. The van der Waals surface area contributed by atoms with Crippen LogP contribution in [0, 0.1) is 6.92 Å². The SMILES string of the molecule is Cc1coc(NS(=O)(=O)c2cccc(/C=C/C(=O)O)c2)n1. The summed E-state index contributed by atoms with van der Waals surface area (Å²) < 4.78 is 31.4. The third-order valence-corrected chi connectivity index (χ3v) is 3.75. The van der Waals surface area contributed by atoms with Gasteiger partial charge in [0.1, 0.15) is 6.26 Å². The van der Waals surface area contributed by atoms with Gasteiger partial charge < -0.3 is 9.52 Å². The van der Waals surface area contributed by atoms with E-state index in [2.05, 4.69) is 9.71 Å². The van der Waals surface area contributed by atoms with Crippen LogP contribution in [0.5, 0.6) is 0 Å². The van der Waals surface area contributed by atoms with Crippen LogP contribution in [-0.4, -0.2) is 24.5 Å². The van der Waals surface area contributed by atoms with Crippen molar-refractivity contribution in [2.24, 2.45) is 0 Å². The number of aryl methyl sites for hydroxylation is 1. The van der Waals surface area contributed by atoms with E-state index < -0.39 is 16.0 Å². The number of sulfonamides is 1. The number of carbonyl (C=O) groups is 1. The molecule has 0 amide bonds. The monoisotopic (exact) mass is 308 g/mol. The zero-order valence-electron chi connectivity index (χ0n) is 11.0. The number of aromatic nitrogens is 1. The molecule has 0 saturated carbocycles. The first-order valence-electron chi connectivity index (χ1n) is 5.83. The zero-order valence-corrected chi connectivity index (χ0v) is 11.8. The largest absolute Gasteiger partial charge is 0.478 e. The van der Waals surface area contributed by atoms with Crippen LogP contribution in [-0.2, 0) is 14.8 Å². The highest BCUT2D eigenvalue weighted by Gasteiger charge is 2.16. The van der Waals surface area contributed by atoms with Gasteiger partial charge in [-0.1, -0.05) is 12.1 Å². The molecule has 0 saturated heterocycles. The van der Waals surface area contributed by atoms with Crippen LogP contribution in [0.1, 0.15) is 11.3 Å². The van der Waals surface area contributed by atoms with Gasteiger partial charge in [0.25, 0.3) is 10.0 Å². The summed E-state index contributed by atoms with van der Waals surface area (Å²) in [6.07, 6.45) is 3.55. The molecule has 2 aromatic rings. The van der Waals surface area contributed by atoms with Crippen LogP contribution in [0.4, 0.5) is 6.01 Å². The Morgan fingerprint density at radius 3 is 2.81 bits per heavy atom. The van der Waals surface area contributed by atoms with E-state index in [9.17, 15) is 13.2 Å². The number of carboxylic acid groups (broad SMARTS) is 1. The fourth-order valence-corrected chi connectivity index (χ4v) is 2.52. The average Bonchev–Trinajstić information content (AvgIpc) is 2.81. The van der Waals surface area contributed by atoms with Gasteiger partial charge in [-0.05, 0) is 30.7 Å². The van der Waals surface area contributed by atoms with Crippen LogP contribution in [0.2, 0.25) is 0 Å². The summed E-state index contributed by atoms with van der Waals surface area (Å²) in [6.45, 7) is 1.67. The van der Waals surface area contributed by atoms with Gasteiger partial charge in [0, 0.05) is 6.08 Å². The van der Waals surface area contributed by atoms with E-state index in [0.29, 0.717) is 11.3 Å². The Balaban J connectivity index is 2.27. The minimum atomic E-state index is -3.85. The van der Waals surface area contributed by atoms with E-state index in [1.165, 1.54) is 30.5 Å². The molecule has 0 fully saturated rings. The molecule has 1 heterocycles. The number of anilines is 1. The quantitative estimate of drug-likeness (QED) is 0.816. The van der Waals surface area contributed by atoms with Gasteiger partial charge in [0.05, 0.1) is 10.6 Å². The van der Waals surface area contributed by atoms with Crippen molar-refractivity contribution in [3.05, 3.63) is 47.9 Å². The normalized spacial score (nSPS) is 11.7. The molecule has 0 aliphatic carbocycles. The van der Waals surface area contributed by atoms with Crippen LogP contribution >= 0.6 is 0 Å². The van der Waals surface area contributed by atoms with Crippen molar-refractivity contribution in [3.8, 4) is 0 Å². The fraction of sp³-hybridized carbons (Fsp3) is 0.0769. The highest BCUT2D eigenvalue weighted by atomic mass is 32.2. The molecule has 2 N–H and O–H groups in total. The maximum atomic E-state index is 12.1. The van der Waals surface area contributed by atoms with E-state index >= 15 is 0 Å². The minimum absolute atomic E-state index is 0.0223. The summed E-state index contributed by atoms with van der Waals surface area (Å²) in [4.78, 5) is 14.3. The molecular formula is C13H12N2O5S. The van der Waals surface area contributed by atoms with Crippen molar-refractivity contribution in [1.29, 1.82) is 0 Å². The Bertz CT molecular complexity index is 792. The summed E-state index contributed by atoms with van der Waals surface area (Å²) in [7, 11) is -3.85. The Kier molecular flexibility index (Phi) is 4.08. The number of hydrogen-bond donors (Lipinski definition) is 2. The molecule has 0 bridgehead atoms. The highest BCUT2D eigenvalue weighted by molar-refractivity contribution is 7.92. The summed E-state index contributed by atoms with van der Waals surface area (Å²) in [6, 6.07) is 5.71. The third kappa shape index (κ3) is 3.93. The first kappa shape index (κ1) is 14.8. The van der Waals surface area contributed by atoms with Gasteiger partial charge in [-0.2, -0.15) is 4.98 Å². The van der Waals surface area contributed by atoms with Crippen molar-refractivity contribution in [2.45, 2.75) is 11.8 Å². The molecule has 0 aliphatic rings. The van der Waals surface area contributed by atoms with Gasteiger partial charge in [-0.3, -0.25) is 0 Å².